The second kappa shape index (κ2) is 4.53. The summed E-state index contributed by atoms with van der Waals surface area (Å²) in [6.07, 6.45) is 1.57. The molecule has 0 unspecified atom stereocenters. The van der Waals surface area contributed by atoms with E-state index in [1.54, 1.807) is 6.07 Å². The van der Waals surface area contributed by atoms with Crippen molar-refractivity contribution in [1.29, 1.82) is 5.41 Å². The molecule has 0 spiro atoms. The van der Waals surface area contributed by atoms with Gasteiger partial charge in [-0.3, -0.25) is 0 Å². The quantitative estimate of drug-likeness (QED) is 0.481. The SMILES string of the molecule is CCCC(=N)c1cc(Cl)nc(Cl)n1. The Morgan fingerprint density at radius 2 is 2.15 bits per heavy atom. The van der Waals surface area contributed by atoms with Crippen molar-refractivity contribution < 1.29 is 0 Å². The van der Waals surface area contributed by atoms with Gasteiger partial charge in [-0.2, -0.15) is 0 Å². The van der Waals surface area contributed by atoms with Crippen LogP contribution in [0, 0.1) is 5.41 Å². The van der Waals surface area contributed by atoms with Gasteiger partial charge in [0.05, 0.1) is 11.4 Å². The third-order valence-electron chi connectivity index (χ3n) is 1.48. The summed E-state index contributed by atoms with van der Waals surface area (Å²) in [7, 11) is 0. The average molecular weight is 218 g/mol. The molecule has 13 heavy (non-hydrogen) atoms. The first-order valence-corrected chi connectivity index (χ1v) is 4.67. The minimum atomic E-state index is 0.0864. The number of rotatable bonds is 3. The van der Waals surface area contributed by atoms with E-state index in [2.05, 4.69) is 9.97 Å². The van der Waals surface area contributed by atoms with E-state index in [1.807, 2.05) is 6.92 Å². The van der Waals surface area contributed by atoms with E-state index in [9.17, 15) is 0 Å². The summed E-state index contributed by atoms with van der Waals surface area (Å²) in [5.74, 6) is 0. The van der Waals surface area contributed by atoms with Crippen molar-refractivity contribution >= 4 is 28.9 Å². The van der Waals surface area contributed by atoms with Crippen LogP contribution < -0.4 is 0 Å². The van der Waals surface area contributed by atoms with Crippen LogP contribution in [0.3, 0.4) is 0 Å². The zero-order chi connectivity index (χ0) is 9.84. The van der Waals surface area contributed by atoms with E-state index in [4.69, 9.17) is 28.6 Å². The first-order valence-electron chi connectivity index (χ1n) is 3.91. The Labute approximate surface area is 86.6 Å². The van der Waals surface area contributed by atoms with Crippen molar-refractivity contribution in [2.24, 2.45) is 0 Å². The normalized spacial score (nSPS) is 10.1. The zero-order valence-electron chi connectivity index (χ0n) is 7.14. The van der Waals surface area contributed by atoms with Gasteiger partial charge in [-0.25, -0.2) is 9.97 Å². The molecule has 0 bridgehead atoms. The summed E-state index contributed by atoms with van der Waals surface area (Å²) < 4.78 is 0. The molecule has 1 aromatic rings. The monoisotopic (exact) mass is 217 g/mol. The van der Waals surface area contributed by atoms with Gasteiger partial charge in [0.15, 0.2) is 0 Å². The smallest absolute Gasteiger partial charge is 0.224 e. The number of hydrogen-bond donors (Lipinski definition) is 1. The minimum absolute atomic E-state index is 0.0864. The minimum Gasteiger partial charge on any atom is -0.303 e. The van der Waals surface area contributed by atoms with Crippen LogP contribution in [0.4, 0.5) is 0 Å². The van der Waals surface area contributed by atoms with Crippen molar-refractivity contribution in [2.75, 3.05) is 0 Å². The predicted octanol–water partition coefficient (Wildman–Crippen LogP) is 2.95. The summed E-state index contributed by atoms with van der Waals surface area (Å²) in [6, 6.07) is 1.55. The van der Waals surface area contributed by atoms with Crippen LogP contribution in [0.1, 0.15) is 25.5 Å². The first-order chi connectivity index (χ1) is 6.13. The Balaban J connectivity index is 2.94. The number of nitrogens with zero attached hydrogens (tertiary/aromatic N) is 2. The second-order valence-electron chi connectivity index (χ2n) is 2.57. The van der Waals surface area contributed by atoms with Crippen molar-refractivity contribution in [3.8, 4) is 0 Å². The molecule has 1 rings (SSSR count). The highest BCUT2D eigenvalue weighted by Crippen LogP contribution is 2.12. The van der Waals surface area contributed by atoms with Crippen LogP contribution in [-0.2, 0) is 0 Å². The molecule has 1 N–H and O–H groups in total. The Kier molecular flexibility index (Phi) is 3.63. The molecule has 3 nitrogen and oxygen atoms in total. The van der Waals surface area contributed by atoms with Crippen LogP contribution in [0.2, 0.25) is 10.4 Å². The Morgan fingerprint density at radius 1 is 1.46 bits per heavy atom. The maximum absolute atomic E-state index is 7.62. The lowest BCUT2D eigenvalue weighted by atomic mass is 10.1. The topological polar surface area (TPSA) is 49.6 Å². The third-order valence-corrected chi connectivity index (χ3v) is 1.84. The Hall–Kier alpha value is -0.670. The lowest BCUT2D eigenvalue weighted by molar-refractivity contribution is 0.976. The molecule has 0 radical (unpaired) electrons. The Morgan fingerprint density at radius 3 is 2.69 bits per heavy atom. The summed E-state index contributed by atoms with van der Waals surface area (Å²) in [6.45, 7) is 2.00. The van der Waals surface area contributed by atoms with Crippen molar-refractivity contribution in [3.63, 3.8) is 0 Å². The van der Waals surface area contributed by atoms with Gasteiger partial charge in [-0.05, 0) is 18.0 Å². The highest BCUT2D eigenvalue weighted by molar-refractivity contribution is 6.32. The zero-order valence-corrected chi connectivity index (χ0v) is 8.65. The lowest BCUT2D eigenvalue weighted by Gasteiger charge is -2.01. The molecule has 0 aromatic carbocycles. The molecule has 5 heteroatoms. The molecule has 0 fully saturated rings. The fourth-order valence-corrected chi connectivity index (χ4v) is 1.33. The van der Waals surface area contributed by atoms with E-state index in [0.717, 1.165) is 6.42 Å². The molecule has 0 amide bonds. The molecule has 1 heterocycles. The van der Waals surface area contributed by atoms with Gasteiger partial charge in [0.1, 0.15) is 5.15 Å². The summed E-state index contributed by atoms with van der Waals surface area (Å²) in [5, 5.41) is 7.98. The Bertz CT molecular complexity index is 305. The number of aromatic nitrogens is 2. The van der Waals surface area contributed by atoms with Crippen molar-refractivity contribution in [2.45, 2.75) is 19.8 Å². The van der Waals surface area contributed by atoms with Gasteiger partial charge in [-0.1, -0.05) is 24.9 Å². The van der Waals surface area contributed by atoms with Gasteiger partial charge in [0.25, 0.3) is 0 Å². The third kappa shape index (κ3) is 2.94. The van der Waals surface area contributed by atoms with Gasteiger partial charge >= 0.3 is 0 Å². The first kappa shape index (κ1) is 10.4. The number of hydrogen-bond acceptors (Lipinski definition) is 3. The number of halogens is 2. The molecule has 70 valence electrons. The van der Waals surface area contributed by atoms with Crippen LogP contribution in [0.25, 0.3) is 0 Å². The van der Waals surface area contributed by atoms with E-state index in [0.29, 0.717) is 17.8 Å². The van der Waals surface area contributed by atoms with E-state index >= 15 is 0 Å². The predicted molar refractivity (Wildman–Crippen MR) is 53.8 cm³/mol. The molecule has 0 aliphatic heterocycles. The van der Waals surface area contributed by atoms with Crippen LogP contribution in [-0.4, -0.2) is 15.7 Å². The molecule has 0 saturated heterocycles. The molecule has 0 aliphatic carbocycles. The molecular weight excluding hydrogens is 209 g/mol. The molecule has 0 saturated carbocycles. The van der Waals surface area contributed by atoms with E-state index in [1.165, 1.54) is 0 Å². The number of nitrogens with one attached hydrogen (secondary N) is 1. The average Bonchev–Trinajstić information content (AvgIpc) is 2.03. The molecule has 0 aliphatic rings. The summed E-state index contributed by atoms with van der Waals surface area (Å²) >= 11 is 11.3. The highest BCUT2D eigenvalue weighted by Gasteiger charge is 2.05. The standard InChI is InChI=1S/C8H9Cl2N3/c1-2-3-5(11)6-4-7(9)13-8(10)12-6/h4,11H,2-3H2,1H3. The van der Waals surface area contributed by atoms with Gasteiger partial charge in [0.2, 0.25) is 5.28 Å². The fraction of sp³-hybridized carbons (Fsp3) is 0.375. The van der Waals surface area contributed by atoms with Crippen molar-refractivity contribution in [1.82, 2.24) is 9.97 Å². The largest absolute Gasteiger partial charge is 0.303 e. The molecular formula is C8H9Cl2N3. The van der Waals surface area contributed by atoms with Crippen LogP contribution >= 0.6 is 23.2 Å². The van der Waals surface area contributed by atoms with Gasteiger partial charge < -0.3 is 5.41 Å². The maximum Gasteiger partial charge on any atom is 0.224 e. The summed E-state index contributed by atoms with van der Waals surface area (Å²) in [4.78, 5) is 7.60. The lowest BCUT2D eigenvalue weighted by Crippen LogP contribution is -2.02. The second-order valence-corrected chi connectivity index (χ2v) is 3.30. The van der Waals surface area contributed by atoms with E-state index < -0.39 is 0 Å². The highest BCUT2D eigenvalue weighted by atomic mass is 35.5. The van der Waals surface area contributed by atoms with Gasteiger partial charge in [-0.15, -0.1) is 0 Å². The fourth-order valence-electron chi connectivity index (χ4n) is 0.923. The summed E-state index contributed by atoms with van der Waals surface area (Å²) in [5.41, 5.74) is 0.945. The maximum atomic E-state index is 7.62. The molecule has 0 atom stereocenters. The van der Waals surface area contributed by atoms with Gasteiger partial charge in [0, 0.05) is 6.07 Å². The van der Waals surface area contributed by atoms with E-state index in [-0.39, 0.29) is 10.4 Å². The van der Waals surface area contributed by atoms with Crippen LogP contribution in [0.15, 0.2) is 6.07 Å². The molecule has 1 aromatic heterocycles. The van der Waals surface area contributed by atoms with Crippen LogP contribution in [0.5, 0.6) is 0 Å². The van der Waals surface area contributed by atoms with Crippen molar-refractivity contribution in [3.05, 3.63) is 22.2 Å².